The van der Waals surface area contributed by atoms with Gasteiger partial charge in [0.25, 0.3) is 0 Å². The van der Waals surface area contributed by atoms with Crippen LogP contribution in [0.2, 0.25) is 0 Å². The maximum absolute atomic E-state index is 10.8. The molecule has 6 atom stereocenters. The van der Waals surface area contributed by atoms with Crippen molar-refractivity contribution in [2.75, 3.05) is 6.61 Å². The molecule has 0 amide bonds. The minimum absolute atomic E-state index is 0.290. The second-order valence-electron chi connectivity index (χ2n) is 8.26. The number of aliphatic hydroxyl groups is 1. The molecule has 0 aromatic heterocycles. The first-order valence-corrected chi connectivity index (χ1v) is 11.2. The lowest BCUT2D eigenvalue weighted by molar-refractivity contribution is -0.366. The Morgan fingerprint density at radius 1 is 0.697 bits per heavy atom. The van der Waals surface area contributed by atoms with Gasteiger partial charge in [-0.05, 0) is 11.1 Å². The van der Waals surface area contributed by atoms with Crippen LogP contribution in [-0.2, 0) is 36.9 Å². The molecule has 0 saturated carbocycles. The third-order valence-corrected chi connectivity index (χ3v) is 5.94. The molecular weight excluding hydrogens is 420 g/mol. The molecule has 0 aliphatic carbocycles. The average Bonchev–Trinajstić information content (AvgIpc) is 2.88. The third-order valence-electron chi connectivity index (χ3n) is 5.94. The van der Waals surface area contributed by atoms with Crippen LogP contribution in [0.5, 0.6) is 0 Å². The maximum Gasteiger partial charge on any atom is 0.184 e. The van der Waals surface area contributed by atoms with Crippen molar-refractivity contribution in [3.8, 4) is 0 Å². The lowest BCUT2D eigenvalue weighted by Gasteiger charge is -2.47. The van der Waals surface area contributed by atoms with Crippen LogP contribution < -0.4 is 0 Å². The molecule has 2 fully saturated rings. The molecule has 3 aromatic rings. The Labute approximate surface area is 193 Å². The SMILES string of the molecule is OC1OC2COC(c3ccccc3)OC2C(OCc2ccccc2)C1OCc1ccccc1. The summed E-state index contributed by atoms with van der Waals surface area (Å²) in [5.74, 6) is 0. The zero-order valence-corrected chi connectivity index (χ0v) is 18.2. The Balaban J connectivity index is 1.36. The van der Waals surface area contributed by atoms with Crippen molar-refractivity contribution in [2.45, 2.75) is 50.2 Å². The zero-order chi connectivity index (χ0) is 22.5. The van der Waals surface area contributed by atoms with Gasteiger partial charge in [0, 0.05) is 5.56 Å². The van der Waals surface area contributed by atoms with Crippen LogP contribution in [0.3, 0.4) is 0 Å². The highest BCUT2D eigenvalue weighted by molar-refractivity contribution is 5.17. The molecule has 5 rings (SSSR count). The van der Waals surface area contributed by atoms with Gasteiger partial charge < -0.3 is 28.8 Å². The molecule has 0 spiro atoms. The van der Waals surface area contributed by atoms with Gasteiger partial charge in [-0.15, -0.1) is 0 Å². The van der Waals surface area contributed by atoms with Gasteiger partial charge in [-0.3, -0.25) is 0 Å². The summed E-state index contributed by atoms with van der Waals surface area (Å²) < 4.78 is 30.6. The van der Waals surface area contributed by atoms with Gasteiger partial charge in [0.1, 0.15) is 24.4 Å². The highest BCUT2D eigenvalue weighted by Gasteiger charge is 2.51. The molecule has 0 radical (unpaired) electrons. The minimum Gasteiger partial charge on any atom is -0.368 e. The zero-order valence-electron chi connectivity index (χ0n) is 18.2. The highest BCUT2D eigenvalue weighted by Crippen LogP contribution is 2.36. The van der Waals surface area contributed by atoms with E-state index in [1.807, 2.05) is 91.0 Å². The monoisotopic (exact) mass is 448 g/mol. The van der Waals surface area contributed by atoms with E-state index in [1.54, 1.807) is 0 Å². The molecule has 2 aliphatic rings. The van der Waals surface area contributed by atoms with Crippen molar-refractivity contribution in [3.63, 3.8) is 0 Å². The quantitative estimate of drug-likeness (QED) is 0.590. The van der Waals surface area contributed by atoms with Crippen molar-refractivity contribution in [2.24, 2.45) is 0 Å². The Morgan fingerprint density at radius 2 is 1.24 bits per heavy atom. The molecule has 6 unspecified atom stereocenters. The van der Waals surface area contributed by atoms with Gasteiger partial charge in [0.2, 0.25) is 0 Å². The van der Waals surface area contributed by atoms with Gasteiger partial charge in [0.15, 0.2) is 12.6 Å². The first-order chi connectivity index (χ1) is 16.3. The van der Waals surface area contributed by atoms with Gasteiger partial charge >= 0.3 is 0 Å². The Bertz CT molecular complexity index is 983. The molecule has 0 bridgehead atoms. The van der Waals surface area contributed by atoms with Crippen LogP contribution in [0, 0.1) is 0 Å². The Morgan fingerprint density at radius 3 is 1.85 bits per heavy atom. The predicted octanol–water partition coefficient (Wildman–Crippen LogP) is 3.99. The number of rotatable bonds is 7. The molecule has 6 nitrogen and oxygen atoms in total. The largest absolute Gasteiger partial charge is 0.368 e. The van der Waals surface area contributed by atoms with Crippen molar-refractivity contribution >= 4 is 0 Å². The van der Waals surface area contributed by atoms with Crippen LogP contribution in [-0.4, -0.2) is 42.4 Å². The number of fused-ring (bicyclic) bond motifs is 1. The van der Waals surface area contributed by atoms with Crippen molar-refractivity contribution in [1.29, 1.82) is 0 Å². The molecule has 3 aromatic carbocycles. The maximum atomic E-state index is 10.8. The van der Waals surface area contributed by atoms with E-state index in [2.05, 4.69) is 0 Å². The topological polar surface area (TPSA) is 66.4 Å². The summed E-state index contributed by atoms with van der Waals surface area (Å²) in [5.41, 5.74) is 2.96. The van der Waals surface area contributed by atoms with E-state index in [0.717, 1.165) is 16.7 Å². The minimum atomic E-state index is -1.16. The van der Waals surface area contributed by atoms with E-state index in [4.69, 9.17) is 23.7 Å². The first-order valence-electron chi connectivity index (χ1n) is 11.2. The van der Waals surface area contributed by atoms with E-state index in [1.165, 1.54) is 0 Å². The van der Waals surface area contributed by atoms with E-state index in [9.17, 15) is 5.11 Å². The van der Waals surface area contributed by atoms with Gasteiger partial charge in [-0.1, -0.05) is 91.0 Å². The van der Waals surface area contributed by atoms with Crippen LogP contribution in [0.15, 0.2) is 91.0 Å². The fraction of sp³-hybridized carbons (Fsp3) is 0.333. The molecule has 6 heteroatoms. The smallest absolute Gasteiger partial charge is 0.184 e. The van der Waals surface area contributed by atoms with E-state index < -0.39 is 37.0 Å². The van der Waals surface area contributed by atoms with E-state index in [-0.39, 0.29) is 6.61 Å². The standard InChI is InChI=1S/C27H28O6/c28-26-25(30-17-20-12-6-2-7-13-20)24(29-16-19-10-4-1-5-11-19)23-22(32-26)18-31-27(33-23)21-14-8-3-9-15-21/h1-15,22-28H,16-18H2. The van der Waals surface area contributed by atoms with E-state index in [0.29, 0.717) is 13.2 Å². The predicted molar refractivity (Wildman–Crippen MR) is 121 cm³/mol. The van der Waals surface area contributed by atoms with Gasteiger partial charge in [0.05, 0.1) is 19.8 Å². The third kappa shape index (κ3) is 5.33. The van der Waals surface area contributed by atoms with Crippen molar-refractivity contribution in [1.82, 2.24) is 0 Å². The second-order valence-corrected chi connectivity index (χ2v) is 8.26. The van der Waals surface area contributed by atoms with Crippen LogP contribution in [0.1, 0.15) is 23.0 Å². The van der Waals surface area contributed by atoms with Crippen LogP contribution >= 0.6 is 0 Å². The Kier molecular flexibility index (Phi) is 7.12. The van der Waals surface area contributed by atoms with Gasteiger partial charge in [-0.2, -0.15) is 0 Å². The van der Waals surface area contributed by atoms with Crippen LogP contribution in [0.4, 0.5) is 0 Å². The molecule has 2 heterocycles. The number of hydrogen-bond acceptors (Lipinski definition) is 6. The number of hydrogen-bond donors (Lipinski definition) is 1. The molecular formula is C27H28O6. The first kappa shape index (κ1) is 22.2. The number of benzene rings is 3. The van der Waals surface area contributed by atoms with E-state index >= 15 is 0 Å². The van der Waals surface area contributed by atoms with Crippen molar-refractivity contribution in [3.05, 3.63) is 108 Å². The number of ether oxygens (including phenoxy) is 5. The number of aliphatic hydroxyl groups excluding tert-OH is 1. The second kappa shape index (κ2) is 10.6. The molecule has 1 N–H and O–H groups in total. The normalized spacial score (nSPS) is 29.4. The summed E-state index contributed by atoms with van der Waals surface area (Å²) in [6.07, 6.45) is -3.88. The fourth-order valence-corrected chi connectivity index (χ4v) is 4.24. The van der Waals surface area contributed by atoms with Crippen LogP contribution in [0.25, 0.3) is 0 Å². The summed E-state index contributed by atoms with van der Waals surface area (Å²) in [4.78, 5) is 0. The summed E-state index contributed by atoms with van der Waals surface area (Å²) in [5, 5.41) is 10.8. The van der Waals surface area contributed by atoms with Gasteiger partial charge in [-0.25, -0.2) is 0 Å². The summed E-state index contributed by atoms with van der Waals surface area (Å²) in [7, 11) is 0. The summed E-state index contributed by atoms with van der Waals surface area (Å²) in [6.45, 7) is 0.984. The average molecular weight is 449 g/mol. The lowest BCUT2D eigenvalue weighted by atomic mass is 9.97. The Hall–Kier alpha value is -2.58. The fourth-order valence-electron chi connectivity index (χ4n) is 4.24. The molecule has 2 aliphatic heterocycles. The molecule has 2 saturated heterocycles. The molecule has 172 valence electrons. The summed E-state index contributed by atoms with van der Waals surface area (Å²) in [6, 6.07) is 29.5. The summed E-state index contributed by atoms with van der Waals surface area (Å²) >= 11 is 0. The lowest BCUT2D eigenvalue weighted by Crippen LogP contribution is -2.63. The highest BCUT2D eigenvalue weighted by atomic mass is 16.7. The van der Waals surface area contributed by atoms with Crippen molar-refractivity contribution < 1.29 is 28.8 Å². The molecule has 33 heavy (non-hydrogen) atoms.